The maximum Gasteiger partial charge on any atom is 0.425 e. The van der Waals surface area contributed by atoms with Crippen molar-refractivity contribution in [3.8, 4) is 0 Å². The Morgan fingerprint density at radius 3 is 1.86 bits per heavy atom. The van der Waals surface area contributed by atoms with Gasteiger partial charge in [0.15, 0.2) is 14.6 Å². The molecule has 12 nitrogen and oxygen atoms in total. The van der Waals surface area contributed by atoms with Crippen LogP contribution in [0.15, 0.2) is 23.2 Å². The number of benzene rings is 1. The molecule has 0 radical (unpaired) electrons. The molecule has 0 saturated carbocycles. The molecule has 0 unspecified atom stereocenters. The van der Waals surface area contributed by atoms with E-state index < -0.39 is 85.7 Å². The maximum atomic E-state index is 15.2. The lowest BCUT2D eigenvalue weighted by Crippen LogP contribution is -2.77. The summed E-state index contributed by atoms with van der Waals surface area (Å²) in [6.45, 7) is 14.7. The molecule has 234 valence electrons. The molecule has 1 fully saturated rings. The number of rotatable bonds is 1. The third kappa shape index (κ3) is 6.79. The number of halogens is 1. The molecule has 1 atom stereocenters. The second-order valence-electron chi connectivity index (χ2n) is 13.8. The van der Waals surface area contributed by atoms with Gasteiger partial charge >= 0.3 is 18.3 Å². The fourth-order valence-corrected chi connectivity index (χ4v) is 6.95. The van der Waals surface area contributed by atoms with Crippen molar-refractivity contribution in [2.24, 2.45) is 4.99 Å². The van der Waals surface area contributed by atoms with E-state index in [1.807, 2.05) is 0 Å². The summed E-state index contributed by atoms with van der Waals surface area (Å²) in [6.07, 6.45) is -3.30. The topological polar surface area (TPSA) is 158 Å². The number of aliphatic imine (C=N–C) groups is 1. The summed E-state index contributed by atoms with van der Waals surface area (Å²) >= 11 is 0. The summed E-state index contributed by atoms with van der Waals surface area (Å²) in [6, 6.07) is 3.64. The molecule has 0 bridgehead atoms. The number of amidine groups is 1. The first-order valence-electron chi connectivity index (χ1n) is 13.4. The fraction of sp³-hybridized carbons (Fsp3) is 0.643. The number of likely N-dealkylation sites (tertiary alicyclic amines) is 1. The van der Waals surface area contributed by atoms with Crippen LogP contribution in [0.25, 0.3) is 0 Å². The van der Waals surface area contributed by atoms with E-state index in [1.54, 1.807) is 62.3 Å². The van der Waals surface area contributed by atoms with E-state index in [2.05, 4.69) is 4.99 Å². The SMILES string of the molecule is CC(C)(C)OC(=O)N1CC2(C1)C(N(C(=O)OC(C)(C)C)C(=O)OC(C)(C)C)=N[C@](C)(c1cc(N)ccc1F)CS2(=O)=O. The van der Waals surface area contributed by atoms with Gasteiger partial charge in [-0.15, -0.1) is 0 Å². The van der Waals surface area contributed by atoms with E-state index in [9.17, 15) is 22.8 Å². The number of carbonyl (C=O) groups is 3. The molecule has 0 aliphatic carbocycles. The Morgan fingerprint density at radius 1 is 0.929 bits per heavy atom. The monoisotopic (exact) mass is 612 g/mol. The Balaban J connectivity index is 2.29. The van der Waals surface area contributed by atoms with Crippen molar-refractivity contribution in [3.05, 3.63) is 29.6 Å². The first-order valence-corrected chi connectivity index (χ1v) is 15.1. The van der Waals surface area contributed by atoms with Crippen LogP contribution >= 0.6 is 0 Å². The second kappa shape index (κ2) is 10.4. The van der Waals surface area contributed by atoms with Crippen LogP contribution in [-0.4, -0.2) is 82.7 Å². The van der Waals surface area contributed by atoms with E-state index in [1.165, 1.54) is 19.1 Å². The van der Waals surface area contributed by atoms with Gasteiger partial charge in [0.2, 0.25) is 0 Å². The molecule has 2 aliphatic rings. The number of sulfone groups is 1. The standard InChI is InChI=1S/C28H41FN4O8S/c1-24(2,3)39-21(34)32-14-28(15-32)20(33(22(35)40-25(4,5)6)23(36)41-26(7,8)9)31-27(10,16-42(28,37)38)18-13-17(30)11-12-19(18)29/h11-13H,14-16,30H2,1-10H3/t27-/m0/s1. The Bertz CT molecular complexity index is 1390. The van der Waals surface area contributed by atoms with Crippen LogP contribution in [0.1, 0.15) is 74.8 Å². The van der Waals surface area contributed by atoms with Crippen molar-refractivity contribution >= 4 is 39.6 Å². The molecular weight excluding hydrogens is 571 g/mol. The van der Waals surface area contributed by atoms with Gasteiger partial charge in [0.25, 0.3) is 0 Å². The minimum atomic E-state index is -4.38. The number of amides is 3. The lowest BCUT2D eigenvalue weighted by Gasteiger charge is -2.53. The Kier molecular flexibility index (Phi) is 8.18. The van der Waals surface area contributed by atoms with Crippen LogP contribution < -0.4 is 5.73 Å². The molecule has 2 aliphatic heterocycles. The molecule has 1 spiro atoms. The molecule has 0 aromatic heterocycles. The number of hydrogen-bond acceptors (Lipinski definition) is 10. The van der Waals surface area contributed by atoms with E-state index >= 15 is 4.39 Å². The zero-order valence-corrected chi connectivity index (χ0v) is 26.6. The van der Waals surface area contributed by atoms with Gasteiger partial charge < -0.3 is 24.8 Å². The average molecular weight is 613 g/mol. The summed E-state index contributed by atoms with van der Waals surface area (Å²) in [5.41, 5.74) is 0.985. The zero-order valence-electron chi connectivity index (χ0n) is 25.8. The molecule has 1 saturated heterocycles. The van der Waals surface area contributed by atoms with Crippen LogP contribution in [0.4, 0.5) is 24.5 Å². The maximum absolute atomic E-state index is 15.2. The molecule has 1 aromatic rings. The number of nitrogen functional groups attached to an aromatic ring is 1. The smallest absolute Gasteiger partial charge is 0.425 e. The summed E-state index contributed by atoms with van der Waals surface area (Å²) in [5, 5.41) is 0. The third-order valence-electron chi connectivity index (χ3n) is 6.31. The van der Waals surface area contributed by atoms with Crippen molar-refractivity contribution in [1.29, 1.82) is 0 Å². The highest BCUT2D eigenvalue weighted by molar-refractivity contribution is 7.93. The number of imide groups is 1. The zero-order chi connectivity index (χ0) is 32.3. The number of ether oxygens (including phenoxy) is 3. The van der Waals surface area contributed by atoms with Gasteiger partial charge in [-0.1, -0.05) is 0 Å². The number of nitrogens with two attached hydrogens (primary N) is 1. The molecule has 3 rings (SSSR count). The summed E-state index contributed by atoms with van der Waals surface area (Å²) in [4.78, 5) is 46.3. The Labute approximate surface area is 246 Å². The van der Waals surface area contributed by atoms with Gasteiger partial charge in [-0.05, 0) is 87.4 Å². The largest absolute Gasteiger partial charge is 0.444 e. The van der Waals surface area contributed by atoms with E-state index in [0.717, 1.165) is 11.0 Å². The molecule has 2 N–H and O–H groups in total. The number of nitrogens with zero attached hydrogens (tertiary/aromatic N) is 3. The first-order chi connectivity index (χ1) is 18.8. The van der Waals surface area contributed by atoms with Crippen LogP contribution in [0, 0.1) is 5.82 Å². The molecule has 1 aromatic carbocycles. The first kappa shape index (κ1) is 33.1. The van der Waals surface area contributed by atoms with Crippen LogP contribution in [0.3, 0.4) is 0 Å². The van der Waals surface area contributed by atoms with Gasteiger partial charge in [-0.25, -0.2) is 27.2 Å². The van der Waals surface area contributed by atoms with E-state index in [0.29, 0.717) is 4.90 Å². The summed E-state index contributed by atoms with van der Waals surface area (Å²) in [7, 11) is -4.38. The lowest BCUT2D eigenvalue weighted by molar-refractivity contribution is 0.00527. The number of anilines is 1. The Hall–Kier alpha value is -3.42. The van der Waals surface area contributed by atoms with Gasteiger partial charge in [0.05, 0.1) is 18.8 Å². The number of hydrogen-bond donors (Lipinski definition) is 1. The normalized spacial score (nSPS) is 21.6. The predicted octanol–water partition coefficient (Wildman–Crippen LogP) is 4.61. The molecule has 42 heavy (non-hydrogen) atoms. The van der Waals surface area contributed by atoms with Gasteiger partial charge in [-0.3, -0.25) is 4.99 Å². The fourth-order valence-electron chi connectivity index (χ4n) is 4.59. The van der Waals surface area contributed by atoms with Crippen molar-refractivity contribution in [2.75, 3.05) is 24.6 Å². The van der Waals surface area contributed by atoms with Crippen molar-refractivity contribution in [1.82, 2.24) is 9.80 Å². The molecule has 14 heteroatoms. The molecule has 3 amide bonds. The number of carbonyl (C=O) groups excluding carboxylic acids is 3. The van der Waals surface area contributed by atoms with Gasteiger partial charge in [0.1, 0.15) is 34.0 Å². The van der Waals surface area contributed by atoms with Crippen molar-refractivity contribution in [2.45, 2.75) is 96.3 Å². The van der Waals surface area contributed by atoms with E-state index in [-0.39, 0.29) is 11.3 Å². The highest BCUT2D eigenvalue weighted by atomic mass is 32.2. The van der Waals surface area contributed by atoms with Crippen LogP contribution in [0.2, 0.25) is 0 Å². The van der Waals surface area contributed by atoms with Crippen molar-refractivity contribution in [3.63, 3.8) is 0 Å². The Morgan fingerprint density at radius 2 is 1.40 bits per heavy atom. The predicted molar refractivity (Wildman–Crippen MR) is 154 cm³/mol. The lowest BCUT2D eigenvalue weighted by atomic mass is 9.90. The summed E-state index contributed by atoms with van der Waals surface area (Å²) < 4.78 is 57.9. The molecule has 2 heterocycles. The average Bonchev–Trinajstić information content (AvgIpc) is 2.69. The second-order valence-corrected chi connectivity index (χ2v) is 16.1. The van der Waals surface area contributed by atoms with Gasteiger partial charge in [0, 0.05) is 11.3 Å². The summed E-state index contributed by atoms with van der Waals surface area (Å²) in [5.74, 6) is -2.05. The quantitative estimate of drug-likeness (QED) is 0.353. The molecular formula is C28H41FN4O8S. The minimum Gasteiger partial charge on any atom is -0.444 e. The highest BCUT2D eigenvalue weighted by Crippen LogP contribution is 2.45. The van der Waals surface area contributed by atoms with Crippen molar-refractivity contribution < 1.29 is 41.4 Å². The minimum absolute atomic E-state index is 0.151. The third-order valence-corrected chi connectivity index (χ3v) is 8.88. The van der Waals surface area contributed by atoms with Gasteiger partial charge in [-0.2, -0.15) is 4.90 Å². The van der Waals surface area contributed by atoms with E-state index in [4.69, 9.17) is 19.9 Å². The van der Waals surface area contributed by atoms with Crippen LogP contribution in [0.5, 0.6) is 0 Å². The highest BCUT2D eigenvalue weighted by Gasteiger charge is 2.66. The van der Waals surface area contributed by atoms with Crippen LogP contribution in [-0.2, 0) is 29.6 Å².